The van der Waals surface area contributed by atoms with Crippen LogP contribution in [0, 0.1) is 0 Å². The van der Waals surface area contributed by atoms with Gasteiger partial charge in [0.1, 0.15) is 11.9 Å². The van der Waals surface area contributed by atoms with Gasteiger partial charge in [-0.25, -0.2) is 0 Å². The molecule has 5 rings (SSSR count). The van der Waals surface area contributed by atoms with Gasteiger partial charge in [0.25, 0.3) is 5.91 Å². The zero-order valence-electron chi connectivity index (χ0n) is 29.9. The average molecular weight is 701 g/mol. The van der Waals surface area contributed by atoms with Crippen molar-refractivity contribution >= 4 is 23.7 Å². The first-order chi connectivity index (χ1) is 24.8. The second kappa shape index (κ2) is 17.1. The lowest BCUT2D eigenvalue weighted by Crippen LogP contribution is -2.38. The van der Waals surface area contributed by atoms with Gasteiger partial charge in [-0.05, 0) is 84.1 Å². The van der Waals surface area contributed by atoms with Crippen LogP contribution < -0.4 is 53.3 Å². The maximum absolute atomic E-state index is 12.8. The summed E-state index contributed by atoms with van der Waals surface area (Å²) in [6, 6.07) is 18.4. The number of unbranched alkanes of at least 4 members (excludes halogenated alkanes) is 1. The molecule has 0 aliphatic carbocycles. The predicted octanol–water partition coefficient (Wildman–Crippen LogP) is 7.01. The zero-order valence-corrected chi connectivity index (χ0v) is 29.9. The number of benzene rings is 4. The van der Waals surface area contributed by atoms with Gasteiger partial charge < -0.3 is 53.3 Å². The van der Waals surface area contributed by atoms with Gasteiger partial charge in [0.2, 0.25) is 11.5 Å². The molecule has 4 aromatic carbocycles. The molecule has 51 heavy (non-hydrogen) atoms. The Labute approximate surface area is 298 Å². The van der Waals surface area contributed by atoms with Crippen LogP contribution in [-0.4, -0.2) is 68.9 Å². The number of fused-ring (bicyclic) bond motifs is 1. The molecule has 12 nitrogen and oxygen atoms in total. The highest BCUT2D eigenvalue weighted by molar-refractivity contribution is 6.02. The van der Waals surface area contributed by atoms with E-state index < -0.39 is 6.17 Å². The van der Waals surface area contributed by atoms with Crippen molar-refractivity contribution in [1.82, 2.24) is 5.32 Å². The fourth-order valence-electron chi connectivity index (χ4n) is 5.60. The summed E-state index contributed by atoms with van der Waals surface area (Å²) < 4.78 is 50.7. The molecular formula is C39H44N2O10. The topological polar surface area (TPSA) is 124 Å². The monoisotopic (exact) mass is 700 g/mol. The minimum atomic E-state index is -0.431. The maximum Gasteiger partial charge on any atom is 0.255 e. The summed E-state index contributed by atoms with van der Waals surface area (Å²) in [5.74, 6) is 4.87. The van der Waals surface area contributed by atoms with E-state index >= 15 is 0 Å². The molecule has 0 fully saturated rings. The molecule has 0 bridgehead atoms. The first-order valence-electron chi connectivity index (χ1n) is 16.3. The number of amides is 1. The van der Waals surface area contributed by atoms with Gasteiger partial charge in [0.05, 0.1) is 68.5 Å². The second-order valence-corrected chi connectivity index (χ2v) is 11.3. The number of methoxy groups -OCH3 is 7. The molecule has 1 aliphatic heterocycles. The Kier molecular flexibility index (Phi) is 12.2. The smallest absolute Gasteiger partial charge is 0.255 e. The van der Waals surface area contributed by atoms with E-state index in [1.54, 1.807) is 55.8 Å². The van der Waals surface area contributed by atoms with Crippen LogP contribution in [-0.2, 0) is 0 Å². The van der Waals surface area contributed by atoms with E-state index in [4.69, 9.17) is 42.6 Å². The van der Waals surface area contributed by atoms with Gasteiger partial charge >= 0.3 is 0 Å². The van der Waals surface area contributed by atoms with Crippen molar-refractivity contribution in [3.8, 4) is 51.7 Å². The lowest BCUT2D eigenvalue weighted by Gasteiger charge is -2.28. The van der Waals surface area contributed by atoms with E-state index in [-0.39, 0.29) is 5.91 Å². The van der Waals surface area contributed by atoms with Gasteiger partial charge in [-0.15, -0.1) is 0 Å². The van der Waals surface area contributed by atoms with E-state index in [0.717, 1.165) is 35.2 Å². The van der Waals surface area contributed by atoms with Gasteiger partial charge in [0, 0.05) is 5.69 Å². The fourth-order valence-corrected chi connectivity index (χ4v) is 5.60. The molecule has 1 heterocycles. The first-order valence-corrected chi connectivity index (χ1v) is 16.3. The number of hydrogen-bond donors (Lipinski definition) is 2. The molecule has 2 N–H and O–H groups in total. The van der Waals surface area contributed by atoms with Crippen LogP contribution in [0.4, 0.5) is 5.69 Å². The van der Waals surface area contributed by atoms with Gasteiger partial charge in [-0.3, -0.25) is 4.79 Å². The number of rotatable bonds is 17. The Morgan fingerprint density at radius 3 is 1.67 bits per heavy atom. The minimum absolute atomic E-state index is 0.190. The van der Waals surface area contributed by atoms with Crippen LogP contribution in [0.3, 0.4) is 0 Å². The second-order valence-electron chi connectivity index (χ2n) is 11.3. The number of carbonyl (C=O) groups is 1. The summed E-state index contributed by atoms with van der Waals surface area (Å²) in [5, 5.41) is 6.34. The molecular weight excluding hydrogens is 656 g/mol. The molecule has 0 saturated carbocycles. The van der Waals surface area contributed by atoms with Gasteiger partial charge in [-0.2, -0.15) is 0 Å². The lowest BCUT2D eigenvalue weighted by molar-refractivity contribution is 0.0935. The third-order valence-electron chi connectivity index (χ3n) is 8.25. The number of ether oxygens (including phenoxy) is 9. The highest BCUT2D eigenvalue weighted by Crippen LogP contribution is 2.41. The first kappa shape index (κ1) is 36.4. The summed E-state index contributed by atoms with van der Waals surface area (Å²) in [7, 11) is 11.1. The normalized spacial score (nSPS) is 13.4. The van der Waals surface area contributed by atoms with E-state index in [1.165, 1.54) is 0 Å². The van der Waals surface area contributed by atoms with E-state index in [9.17, 15) is 4.79 Å². The summed E-state index contributed by atoms with van der Waals surface area (Å²) >= 11 is 0. The summed E-state index contributed by atoms with van der Waals surface area (Å²) in [6.45, 7) is 0.874. The molecule has 270 valence electrons. The van der Waals surface area contributed by atoms with Crippen LogP contribution in [0.1, 0.15) is 46.1 Å². The summed E-state index contributed by atoms with van der Waals surface area (Å²) in [5.41, 5.74) is 3.79. The summed E-state index contributed by atoms with van der Waals surface area (Å²) in [6.07, 6.45) is 4.89. The minimum Gasteiger partial charge on any atom is -0.497 e. The highest BCUT2D eigenvalue weighted by Gasteiger charge is 2.26. The predicted molar refractivity (Wildman–Crippen MR) is 195 cm³/mol. The van der Waals surface area contributed by atoms with Crippen molar-refractivity contribution in [1.29, 1.82) is 0 Å². The highest BCUT2D eigenvalue weighted by atomic mass is 16.5. The van der Waals surface area contributed by atoms with E-state index in [0.29, 0.717) is 70.5 Å². The van der Waals surface area contributed by atoms with Crippen molar-refractivity contribution in [3.05, 3.63) is 82.9 Å². The SMILES string of the molecule is COc1ccc2c(c1)C(=O)NC(c1ccc(OCCCCOc3c(OC)cc(/C=C/c4cc(OC)c(OC)c(OC)c4)cc3OC)c(OC)c1)N2. The van der Waals surface area contributed by atoms with E-state index in [2.05, 4.69) is 10.6 Å². The van der Waals surface area contributed by atoms with E-state index in [1.807, 2.05) is 66.7 Å². The molecule has 1 unspecified atom stereocenters. The summed E-state index contributed by atoms with van der Waals surface area (Å²) in [4.78, 5) is 12.8. The van der Waals surface area contributed by atoms with Crippen LogP contribution in [0.5, 0.6) is 51.7 Å². The lowest BCUT2D eigenvalue weighted by atomic mass is 10.0. The molecule has 0 saturated heterocycles. The third-order valence-corrected chi connectivity index (χ3v) is 8.25. The number of hydrogen-bond acceptors (Lipinski definition) is 11. The average Bonchev–Trinajstić information content (AvgIpc) is 3.17. The number of nitrogens with one attached hydrogen (secondary N) is 2. The van der Waals surface area contributed by atoms with Crippen molar-refractivity contribution in [2.24, 2.45) is 0 Å². The van der Waals surface area contributed by atoms with Crippen molar-refractivity contribution < 1.29 is 47.4 Å². The quantitative estimate of drug-likeness (QED) is 0.0874. The fraction of sp³-hybridized carbons (Fsp3) is 0.308. The third kappa shape index (κ3) is 8.46. The Hall–Kier alpha value is -5.91. The van der Waals surface area contributed by atoms with Crippen LogP contribution in [0.25, 0.3) is 12.2 Å². The maximum atomic E-state index is 12.8. The van der Waals surface area contributed by atoms with Gasteiger partial charge in [-0.1, -0.05) is 18.2 Å². The Balaban J connectivity index is 1.16. The Morgan fingerprint density at radius 1 is 0.549 bits per heavy atom. The van der Waals surface area contributed by atoms with Gasteiger partial charge in [0.15, 0.2) is 34.5 Å². The Bertz CT molecular complexity index is 1810. The van der Waals surface area contributed by atoms with Crippen LogP contribution in [0.15, 0.2) is 60.7 Å². The molecule has 12 heteroatoms. The van der Waals surface area contributed by atoms with Crippen molar-refractivity contribution in [2.75, 3.05) is 68.3 Å². The molecule has 0 radical (unpaired) electrons. The van der Waals surface area contributed by atoms with Crippen molar-refractivity contribution in [2.45, 2.75) is 19.0 Å². The molecule has 0 aromatic heterocycles. The molecule has 0 spiro atoms. The molecule has 1 aliphatic rings. The van der Waals surface area contributed by atoms with Crippen molar-refractivity contribution in [3.63, 3.8) is 0 Å². The molecule has 1 amide bonds. The van der Waals surface area contributed by atoms with Crippen LogP contribution >= 0.6 is 0 Å². The zero-order chi connectivity index (χ0) is 36.3. The molecule has 1 atom stereocenters. The molecule has 4 aromatic rings. The van der Waals surface area contributed by atoms with Crippen LogP contribution in [0.2, 0.25) is 0 Å². The number of carbonyl (C=O) groups excluding carboxylic acids is 1. The number of anilines is 1. The Morgan fingerprint density at radius 2 is 1.12 bits per heavy atom. The standard InChI is InChI=1S/C39H44N2O10/c1-43-27-13-14-29-28(23-27)39(42)41-38(40-29)26-12-15-30(31(22-26)44-2)50-16-8-9-17-51-37-34(47-5)20-25(21-35(37)48-6)11-10-24-18-32(45-3)36(49-7)33(19-24)46-4/h10-15,18-23,38,40H,8-9,16-17H2,1-7H3,(H,41,42)/b11-10+. The largest absolute Gasteiger partial charge is 0.497 e.